The number of hydrogen-bond donors (Lipinski definition) is 2. The van der Waals surface area contributed by atoms with Gasteiger partial charge in [0.25, 0.3) is 0 Å². The summed E-state index contributed by atoms with van der Waals surface area (Å²) >= 11 is 7.54. The molecule has 134 valence electrons. The van der Waals surface area contributed by atoms with E-state index in [9.17, 15) is 0 Å². The van der Waals surface area contributed by atoms with E-state index in [1.165, 1.54) is 32.1 Å². The minimum absolute atomic E-state index is 0.256. The van der Waals surface area contributed by atoms with Crippen molar-refractivity contribution in [2.24, 2.45) is 5.73 Å². The number of nitrogens with one attached hydrogen (secondary N) is 1. The summed E-state index contributed by atoms with van der Waals surface area (Å²) in [7, 11) is 0. The predicted molar refractivity (Wildman–Crippen MR) is 104 cm³/mol. The number of aromatic nitrogens is 2. The van der Waals surface area contributed by atoms with E-state index in [1.54, 1.807) is 17.6 Å². The zero-order chi connectivity index (χ0) is 17.6. The van der Waals surface area contributed by atoms with Gasteiger partial charge in [0.2, 0.25) is 5.28 Å². The number of fused-ring (bicyclic) bond motifs is 1. The van der Waals surface area contributed by atoms with Crippen LogP contribution in [-0.4, -0.2) is 16.0 Å². The molecule has 3 heterocycles. The molecular formula is C18H23ClN4OS. The van der Waals surface area contributed by atoms with Crippen LogP contribution >= 0.6 is 22.9 Å². The molecule has 0 spiro atoms. The van der Waals surface area contributed by atoms with Crippen LogP contribution in [0.2, 0.25) is 5.28 Å². The van der Waals surface area contributed by atoms with Gasteiger partial charge in [-0.25, -0.2) is 4.98 Å². The minimum atomic E-state index is 0.256. The fourth-order valence-corrected chi connectivity index (χ4v) is 3.97. The molecule has 1 fully saturated rings. The Morgan fingerprint density at radius 2 is 2.12 bits per heavy atom. The number of furan rings is 1. The van der Waals surface area contributed by atoms with Crippen LogP contribution in [0.25, 0.3) is 10.2 Å². The highest BCUT2D eigenvalue weighted by molar-refractivity contribution is 7.18. The van der Waals surface area contributed by atoms with Crippen molar-refractivity contribution >= 4 is 39.0 Å². The standard InChI is InChI=1S/C12H10ClN3OS.C6H13N/c1-7-6-18-10-9(7)15-12(13)16-11(10)14-5-8-3-2-4-17-8;7-6-4-2-1-3-5-6/h2-4,6H,5H2,1H3,(H,14,15,16);6H,1-5,7H2. The van der Waals surface area contributed by atoms with Crippen LogP contribution in [0.5, 0.6) is 0 Å². The Bertz CT molecular complexity index is 797. The Morgan fingerprint density at radius 3 is 2.76 bits per heavy atom. The van der Waals surface area contributed by atoms with E-state index in [-0.39, 0.29) is 5.28 Å². The van der Waals surface area contributed by atoms with Crippen LogP contribution in [0.4, 0.5) is 5.82 Å². The van der Waals surface area contributed by atoms with Gasteiger partial charge < -0.3 is 15.5 Å². The summed E-state index contributed by atoms with van der Waals surface area (Å²) in [6.45, 7) is 2.59. The molecule has 0 atom stereocenters. The normalized spacial score (nSPS) is 15.0. The van der Waals surface area contributed by atoms with Crippen LogP contribution in [0, 0.1) is 6.92 Å². The average molecular weight is 379 g/mol. The molecule has 0 unspecified atom stereocenters. The van der Waals surface area contributed by atoms with Gasteiger partial charge in [-0.1, -0.05) is 19.3 Å². The number of hydrogen-bond acceptors (Lipinski definition) is 6. The van der Waals surface area contributed by atoms with E-state index < -0.39 is 0 Å². The molecule has 1 aliphatic rings. The van der Waals surface area contributed by atoms with Crippen molar-refractivity contribution in [3.63, 3.8) is 0 Å². The predicted octanol–water partition coefficient (Wildman–Crippen LogP) is 5.14. The van der Waals surface area contributed by atoms with Crippen LogP contribution in [0.15, 0.2) is 28.2 Å². The first-order valence-electron chi connectivity index (χ1n) is 8.56. The maximum Gasteiger partial charge on any atom is 0.224 e. The van der Waals surface area contributed by atoms with Crippen molar-refractivity contribution in [2.45, 2.75) is 51.6 Å². The van der Waals surface area contributed by atoms with Crippen molar-refractivity contribution in [1.29, 1.82) is 0 Å². The molecule has 3 aromatic heterocycles. The van der Waals surface area contributed by atoms with Gasteiger partial charge in [0.15, 0.2) is 0 Å². The molecular weight excluding hydrogens is 356 g/mol. The number of rotatable bonds is 3. The Kier molecular flexibility index (Phi) is 6.29. The highest BCUT2D eigenvalue weighted by Gasteiger charge is 2.11. The smallest absolute Gasteiger partial charge is 0.224 e. The lowest BCUT2D eigenvalue weighted by Gasteiger charge is -2.15. The van der Waals surface area contributed by atoms with Crippen LogP contribution < -0.4 is 11.1 Å². The number of nitrogens with two attached hydrogens (primary N) is 1. The van der Waals surface area contributed by atoms with Gasteiger partial charge in [-0.15, -0.1) is 11.3 Å². The van der Waals surface area contributed by atoms with Crippen molar-refractivity contribution in [3.8, 4) is 0 Å². The third-order valence-electron chi connectivity index (χ3n) is 4.23. The molecule has 1 saturated carbocycles. The molecule has 0 bridgehead atoms. The fraction of sp³-hybridized carbons (Fsp3) is 0.444. The van der Waals surface area contributed by atoms with E-state index in [4.69, 9.17) is 21.8 Å². The van der Waals surface area contributed by atoms with Gasteiger partial charge in [0.05, 0.1) is 23.0 Å². The number of halogens is 1. The van der Waals surface area contributed by atoms with Crippen LogP contribution in [-0.2, 0) is 6.54 Å². The summed E-state index contributed by atoms with van der Waals surface area (Å²) in [5.74, 6) is 1.60. The van der Waals surface area contributed by atoms with Gasteiger partial charge in [-0.3, -0.25) is 0 Å². The second kappa shape index (κ2) is 8.65. The SMILES string of the molecule is Cc1csc2c(NCc3ccco3)nc(Cl)nc12.NC1CCCCC1. The highest BCUT2D eigenvalue weighted by atomic mass is 35.5. The Balaban J connectivity index is 0.000000219. The molecule has 0 saturated heterocycles. The van der Waals surface area contributed by atoms with E-state index in [0.717, 1.165) is 27.4 Å². The summed E-state index contributed by atoms with van der Waals surface area (Å²) in [5, 5.41) is 5.53. The molecule has 0 amide bonds. The van der Waals surface area contributed by atoms with Crippen LogP contribution in [0.3, 0.4) is 0 Å². The average Bonchev–Trinajstić information content (AvgIpc) is 3.25. The highest BCUT2D eigenvalue weighted by Crippen LogP contribution is 2.30. The first kappa shape index (κ1) is 18.2. The number of anilines is 1. The fourth-order valence-electron chi connectivity index (χ4n) is 2.84. The van der Waals surface area contributed by atoms with E-state index >= 15 is 0 Å². The molecule has 3 N–H and O–H groups in total. The molecule has 3 aromatic rings. The van der Waals surface area contributed by atoms with Gasteiger partial charge >= 0.3 is 0 Å². The molecule has 25 heavy (non-hydrogen) atoms. The second-order valence-electron chi connectivity index (χ2n) is 6.27. The lowest BCUT2D eigenvalue weighted by molar-refractivity contribution is 0.441. The second-order valence-corrected chi connectivity index (χ2v) is 7.49. The van der Waals surface area contributed by atoms with E-state index in [0.29, 0.717) is 12.6 Å². The Hall–Kier alpha value is -1.63. The van der Waals surface area contributed by atoms with Crippen molar-refractivity contribution < 1.29 is 4.42 Å². The van der Waals surface area contributed by atoms with E-state index in [2.05, 4.69) is 15.3 Å². The van der Waals surface area contributed by atoms with E-state index in [1.807, 2.05) is 24.4 Å². The zero-order valence-corrected chi connectivity index (χ0v) is 15.9. The molecule has 1 aliphatic carbocycles. The molecule has 0 aromatic carbocycles. The molecule has 0 radical (unpaired) electrons. The Morgan fingerprint density at radius 1 is 1.32 bits per heavy atom. The number of nitrogens with zero attached hydrogens (tertiary/aromatic N) is 2. The quantitative estimate of drug-likeness (QED) is 0.617. The first-order valence-corrected chi connectivity index (χ1v) is 9.82. The molecule has 0 aliphatic heterocycles. The Labute approximate surface area is 156 Å². The van der Waals surface area contributed by atoms with Crippen LogP contribution in [0.1, 0.15) is 43.4 Å². The van der Waals surface area contributed by atoms with Crippen molar-refractivity contribution in [2.75, 3.05) is 5.32 Å². The van der Waals surface area contributed by atoms with Crippen molar-refractivity contribution in [1.82, 2.24) is 9.97 Å². The largest absolute Gasteiger partial charge is 0.467 e. The summed E-state index contributed by atoms with van der Waals surface area (Å²) < 4.78 is 6.28. The monoisotopic (exact) mass is 378 g/mol. The summed E-state index contributed by atoms with van der Waals surface area (Å²) in [4.78, 5) is 8.47. The summed E-state index contributed by atoms with van der Waals surface area (Å²) in [6, 6.07) is 4.30. The minimum Gasteiger partial charge on any atom is -0.467 e. The third kappa shape index (κ3) is 4.93. The lowest BCUT2D eigenvalue weighted by atomic mass is 9.97. The topological polar surface area (TPSA) is 77.0 Å². The summed E-state index contributed by atoms with van der Waals surface area (Å²) in [5.41, 5.74) is 7.65. The number of thiophene rings is 1. The lowest BCUT2D eigenvalue weighted by Crippen LogP contribution is -2.22. The van der Waals surface area contributed by atoms with Gasteiger partial charge in [-0.2, -0.15) is 4.98 Å². The van der Waals surface area contributed by atoms with Gasteiger partial charge in [-0.05, 0) is 54.4 Å². The maximum atomic E-state index is 5.93. The first-order chi connectivity index (χ1) is 12.1. The summed E-state index contributed by atoms with van der Waals surface area (Å²) in [6.07, 6.45) is 8.31. The van der Waals surface area contributed by atoms with Gasteiger partial charge in [0, 0.05) is 6.04 Å². The third-order valence-corrected chi connectivity index (χ3v) is 5.49. The molecule has 5 nitrogen and oxygen atoms in total. The maximum absolute atomic E-state index is 5.93. The number of aryl methyl sites for hydroxylation is 1. The van der Waals surface area contributed by atoms with Gasteiger partial charge in [0.1, 0.15) is 11.6 Å². The molecule has 4 rings (SSSR count). The zero-order valence-electron chi connectivity index (χ0n) is 14.3. The molecule has 7 heteroatoms. The van der Waals surface area contributed by atoms with Crippen molar-refractivity contribution in [3.05, 3.63) is 40.4 Å².